The molecule has 1 aliphatic rings. The van der Waals surface area contributed by atoms with Crippen molar-refractivity contribution in [2.45, 2.75) is 37.9 Å². The standard InChI is InChI=1S/C10H20ClNO2S/c1-9(7-11)15(13,14)12(2)8-10-5-3-4-6-10/h9-10H,3-8H2,1-2H3. The molecule has 0 N–H and O–H groups in total. The Hall–Kier alpha value is 0.200. The molecule has 15 heavy (non-hydrogen) atoms. The normalized spacial score (nSPS) is 21.1. The first-order valence-corrected chi connectivity index (χ1v) is 7.53. The van der Waals surface area contributed by atoms with Gasteiger partial charge in [-0.2, -0.15) is 0 Å². The van der Waals surface area contributed by atoms with Gasteiger partial charge in [0.2, 0.25) is 10.0 Å². The monoisotopic (exact) mass is 253 g/mol. The van der Waals surface area contributed by atoms with Gasteiger partial charge in [0.25, 0.3) is 0 Å². The lowest BCUT2D eigenvalue weighted by molar-refractivity contribution is 0.384. The van der Waals surface area contributed by atoms with Gasteiger partial charge in [-0.25, -0.2) is 12.7 Å². The fourth-order valence-corrected chi connectivity index (χ4v) is 3.72. The summed E-state index contributed by atoms with van der Waals surface area (Å²) >= 11 is 5.59. The zero-order valence-electron chi connectivity index (χ0n) is 9.45. The average Bonchev–Trinajstić information content (AvgIpc) is 2.68. The van der Waals surface area contributed by atoms with Crippen molar-refractivity contribution < 1.29 is 8.42 Å². The van der Waals surface area contributed by atoms with E-state index >= 15 is 0 Å². The number of nitrogens with zero attached hydrogens (tertiary/aromatic N) is 1. The van der Waals surface area contributed by atoms with Crippen LogP contribution in [0.5, 0.6) is 0 Å². The maximum absolute atomic E-state index is 11.9. The molecule has 0 bridgehead atoms. The lowest BCUT2D eigenvalue weighted by atomic mass is 10.1. The van der Waals surface area contributed by atoms with Gasteiger partial charge in [0.15, 0.2) is 0 Å². The molecule has 0 amide bonds. The first-order valence-electron chi connectivity index (χ1n) is 5.49. The third kappa shape index (κ3) is 3.33. The largest absolute Gasteiger partial charge is 0.217 e. The van der Waals surface area contributed by atoms with Crippen molar-refractivity contribution in [3.63, 3.8) is 0 Å². The lowest BCUT2D eigenvalue weighted by Crippen LogP contribution is -2.38. The van der Waals surface area contributed by atoms with E-state index in [1.165, 1.54) is 17.1 Å². The Kier molecular flexibility index (Phi) is 4.87. The van der Waals surface area contributed by atoms with E-state index in [0.29, 0.717) is 12.5 Å². The molecule has 3 nitrogen and oxygen atoms in total. The summed E-state index contributed by atoms with van der Waals surface area (Å²) < 4.78 is 25.3. The zero-order chi connectivity index (χ0) is 11.5. The summed E-state index contributed by atoms with van der Waals surface area (Å²) in [6.07, 6.45) is 4.80. The predicted octanol–water partition coefficient (Wildman–Crippen LogP) is 2.07. The highest BCUT2D eigenvalue weighted by Crippen LogP contribution is 2.26. The molecule has 1 fully saturated rings. The summed E-state index contributed by atoms with van der Waals surface area (Å²) in [6, 6.07) is 0. The van der Waals surface area contributed by atoms with Gasteiger partial charge in [-0.3, -0.25) is 0 Å². The number of sulfonamides is 1. The molecular formula is C10H20ClNO2S. The molecule has 0 aliphatic heterocycles. The van der Waals surface area contributed by atoms with Gasteiger partial charge >= 0.3 is 0 Å². The molecule has 0 aromatic rings. The van der Waals surface area contributed by atoms with Crippen molar-refractivity contribution >= 4 is 21.6 Å². The van der Waals surface area contributed by atoms with Crippen LogP contribution in [0.3, 0.4) is 0 Å². The smallest absolute Gasteiger partial charge is 0.212 e. The van der Waals surface area contributed by atoms with Crippen molar-refractivity contribution in [1.29, 1.82) is 0 Å². The third-order valence-corrected chi connectivity index (χ3v) is 6.00. The van der Waals surface area contributed by atoms with Gasteiger partial charge in [0, 0.05) is 19.5 Å². The van der Waals surface area contributed by atoms with E-state index in [1.54, 1.807) is 14.0 Å². The van der Waals surface area contributed by atoms with Crippen LogP contribution in [0.4, 0.5) is 0 Å². The summed E-state index contributed by atoms with van der Waals surface area (Å²) in [5, 5.41) is -0.481. The van der Waals surface area contributed by atoms with E-state index in [2.05, 4.69) is 0 Å². The number of halogens is 1. The first kappa shape index (κ1) is 13.3. The molecule has 5 heteroatoms. The fraction of sp³-hybridized carbons (Fsp3) is 1.00. The van der Waals surface area contributed by atoms with Crippen LogP contribution in [0.2, 0.25) is 0 Å². The van der Waals surface area contributed by atoms with Gasteiger partial charge in [0.05, 0.1) is 5.25 Å². The Morgan fingerprint density at radius 3 is 2.40 bits per heavy atom. The third-order valence-electron chi connectivity index (χ3n) is 3.15. The van der Waals surface area contributed by atoms with Crippen LogP contribution in [0.1, 0.15) is 32.6 Å². The van der Waals surface area contributed by atoms with Crippen LogP contribution in [0.25, 0.3) is 0 Å². The number of hydrogen-bond acceptors (Lipinski definition) is 2. The highest BCUT2D eigenvalue weighted by Gasteiger charge is 2.28. The van der Waals surface area contributed by atoms with Crippen molar-refractivity contribution in [2.75, 3.05) is 19.5 Å². The molecule has 0 aromatic carbocycles. The highest BCUT2D eigenvalue weighted by atomic mass is 35.5. The maximum Gasteiger partial charge on any atom is 0.217 e. The van der Waals surface area contributed by atoms with Crippen LogP contribution in [0.15, 0.2) is 0 Å². The molecule has 0 heterocycles. The molecule has 0 spiro atoms. The Balaban J connectivity index is 2.54. The van der Waals surface area contributed by atoms with Gasteiger partial charge in [-0.05, 0) is 25.7 Å². The van der Waals surface area contributed by atoms with Crippen LogP contribution < -0.4 is 0 Å². The number of hydrogen-bond donors (Lipinski definition) is 0. The Labute approximate surface area is 97.8 Å². The topological polar surface area (TPSA) is 37.4 Å². The van der Waals surface area contributed by atoms with Crippen LogP contribution in [-0.4, -0.2) is 37.4 Å². The zero-order valence-corrected chi connectivity index (χ0v) is 11.0. The van der Waals surface area contributed by atoms with Crippen LogP contribution in [0, 0.1) is 5.92 Å². The minimum absolute atomic E-state index is 0.164. The fourth-order valence-electron chi connectivity index (χ4n) is 2.05. The Bertz CT molecular complexity index is 286. The summed E-state index contributed by atoms with van der Waals surface area (Å²) in [6.45, 7) is 2.32. The summed E-state index contributed by atoms with van der Waals surface area (Å²) in [5.41, 5.74) is 0. The van der Waals surface area contributed by atoms with Gasteiger partial charge in [-0.15, -0.1) is 11.6 Å². The van der Waals surface area contributed by atoms with E-state index in [-0.39, 0.29) is 5.88 Å². The van der Waals surface area contributed by atoms with Crippen molar-refractivity contribution in [2.24, 2.45) is 5.92 Å². The SMILES string of the molecule is CC(CCl)S(=O)(=O)N(C)CC1CCCC1. The van der Waals surface area contributed by atoms with E-state index in [4.69, 9.17) is 11.6 Å². The molecule has 1 aliphatic carbocycles. The molecule has 1 saturated carbocycles. The van der Waals surface area contributed by atoms with Crippen molar-refractivity contribution in [3.05, 3.63) is 0 Å². The number of rotatable bonds is 5. The second kappa shape index (κ2) is 5.51. The molecule has 1 unspecified atom stereocenters. The molecule has 1 rings (SSSR count). The summed E-state index contributed by atoms with van der Waals surface area (Å²) in [7, 11) is -1.51. The molecular weight excluding hydrogens is 234 g/mol. The predicted molar refractivity (Wildman–Crippen MR) is 63.7 cm³/mol. The summed E-state index contributed by atoms with van der Waals surface area (Å²) in [4.78, 5) is 0. The van der Waals surface area contributed by atoms with E-state index < -0.39 is 15.3 Å². The maximum atomic E-state index is 11.9. The minimum atomic E-state index is -3.18. The van der Waals surface area contributed by atoms with Gasteiger partial charge in [-0.1, -0.05) is 12.8 Å². The van der Waals surface area contributed by atoms with Crippen LogP contribution >= 0.6 is 11.6 Å². The Morgan fingerprint density at radius 2 is 1.93 bits per heavy atom. The average molecular weight is 254 g/mol. The van der Waals surface area contributed by atoms with Crippen molar-refractivity contribution in [1.82, 2.24) is 4.31 Å². The highest BCUT2D eigenvalue weighted by molar-refractivity contribution is 7.89. The van der Waals surface area contributed by atoms with Crippen molar-refractivity contribution in [3.8, 4) is 0 Å². The van der Waals surface area contributed by atoms with E-state index in [9.17, 15) is 8.42 Å². The van der Waals surface area contributed by atoms with Gasteiger partial charge < -0.3 is 0 Å². The van der Waals surface area contributed by atoms with Crippen LogP contribution in [-0.2, 0) is 10.0 Å². The second-order valence-electron chi connectivity index (χ2n) is 4.44. The molecule has 0 radical (unpaired) electrons. The Morgan fingerprint density at radius 1 is 1.40 bits per heavy atom. The van der Waals surface area contributed by atoms with Gasteiger partial charge in [0.1, 0.15) is 0 Å². The first-order chi connectivity index (χ1) is 6.98. The van der Waals surface area contributed by atoms with E-state index in [1.807, 2.05) is 0 Å². The molecule has 1 atom stereocenters. The minimum Gasteiger partial charge on any atom is -0.212 e. The molecule has 0 aromatic heterocycles. The lowest BCUT2D eigenvalue weighted by Gasteiger charge is -2.23. The molecule has 90 valence electrons. The number of alkyl halides is 1. The van der Waals surface area contributed by atoms with E-state index in [0.717, 1.165) is 12.8 Å². The summed E-state index contributed by atoms with van der Waals surface area (Å²) in [5.74, 6) is 0.712. The second-order valence-corrected chi connectivity index (χ2v) is 7.21. The quantitative estimate of drug-likeness (QED) is 0.704. The molecule has 0 saturated heterocycles.